The van der Waals surface area contributed by atoms with E-state index >= 15 is 0 Å². The largest absolute Gasteiger partial charge is 0.363 e. The van der Waals surface area contributed by atoms with Crippen molar-refractivity contribution < 1.29 is 16.8 Å². The van der Waals surface area contributed by atoms with Crippen molar-refractivity contribution in [3.63, 3.8) is 0 Å². The number of nitrogens with one attached hydrogen (secondary N) is 3. The predicted molar refractivity (Wildman–Crippen MR) is 75.6 cm³/mol. The summed E-state index contributed by atoms with van der Waals surface area (Å²) in [7, 11) is -4.81. The fourth-order valence-electron chi connectivity index (χ4n) is 2.16. The van der Waals surface area contributed by atoms with Crippen molar-refractivity contribution in [3.8, 4) is 0 Å². The summed E-state index contributed by atoms with van der Waals surface area (Å²) >= 11 is 0. The highest BCUT2D eigenvalue weighted by Crippen LogP contribution is 2.16. The first-order valence-corrected chi connectivity index (χ1v) is 9.67. The molecule has 3 N–H and O–H groups in total. The molecule has 1 saturated heterocycles. The summed E-state index contributed by atoms with van der Waals surface area (Å²) in [5, 5.41) is 2.93. The van der Waals surface area contributed by atoms with Crippen LogP contribution in [0.5, 0.6) is 0 Å². The lowest BCUT2D eigenvalue weighted by Crippen LogP contribution is -2.40. The SMILES string of the molecule is CNCc1cc(S(=O)(=O)NC2CCS(=O)(=O)CC2)c[nH]1. The van der Waals surface area contributed by atoms with E-state index < -0.39 is 19.9 Å². The van der Waals surface area contributed by atoms with Gasteiger partial charge in [-0.3, -0.25) is 0 Å². The maximum absolute atomic E-state index is 12.2. The highest BCUT2D eigenvalue weighted by molar-refractivity contribution is 7.91. The van der Waals surface area contributed by atoms with E-state index in [0.29, 0.717) is 19.4 Å². The fraction of sp³-hybridized carbons (Fsp3) is 0.636. The van der Waals surface area contributed by atoms with Gasteiger partial charge in [-0.1, -0.05) is 0 Å². The van der Waals surface area contributed by atoms with E-state index in [1.165, 1.54) is 6.20 Å². The standard InChI is InChI=1S/C11H19N3O4S2/c1-12-7-10-6-11(8-13-10)20(17,18)14-9-2-4-19(15,16)5-3-9/h6,8-9,12-14H,2-5,7H2,1H3. The van der Waals surface area contributed by atoms with Gasteiger partial charge in [-0.2, -0.15) is 0 Å². The lowest BCUT2D eigenvalue weighted by atomic mass is 10.2. The zero-order chi connectivity index (χ0) is 14.8. The van der Waals surface area contributed by atoms with Gasteiger partial charge in [0.05, 0.1) is 16.4 Å². The molecule has 1 aliphatic heterocycles. The summed E-state index contributed by atoms with van der Waals surface area (Å²) in [5.74, 6) is 0.0800. The molecule has 1 fully saturated rings. The van der Waals surface area contributed by atoms with E-state index in [4.69, 9.17) is 0 Å². The van der Waals surface area contributed by atoms with Crippen molar-refractivity contribution in [1.82, 2.24) is 15.0 Å². The van der Waals surface area contributed by atoms with Gasteiger partial charge in [0.1, 0.15) is 9.84 Å². The Hall–Kier alpha value is -0.900. The van der Waals surface area contributed by atoms with Gasteiger partial charge in [0, 0.05) is 24.5 Å². The van der Waals surface area contributed by atoms with Gasteiger partial charge < -0.3 is 10.3 Å². The number of H-pyrrole nitrogens is 1. The Bertz CT molecular complexity index is 650. The van der Waals surface area contributed by atoms with Crippen molar-refractivity contribution in [2.24, 2.45) is 0 Å². The normalized spacial score (nSPS) is 20.1. The van der Waals surface area contributed by atoms with E-state index in [1.54, 1.807) is 13.1 Å². The molecule has 2 rings (SSSR count). The first-order valence-electron chi connectivity index (χ1n) is 6.37. The average molecular weight is 321 g/mol. The van der Waals surface area contributed by atoms with Crippen molar-refractivity contribution >= 4 is 19.9 Å². The molecule has 0 unspecified atom stereocenters. The zero-order valence-corrected chi connectivity index (χ0v) is 12.9. The van der Waals surface area contributed by atoms with Crippen LogP contribution < -0.4 is 10.0 Å². The quantitative estimate of drug-likeness (QED) is 0.683. The average Bonchev–Trinajstić information content (AvgIpc) is 2.82. The van der Waals surface area contributed by atoms with E-state index in [1.807, 2.05) is 0 Å². The van der Waals surface area contributed by atoms with Crippen LogP contribution in [-0.2, 0) is 26.4 Å². The maximum atomic E-state index is 12.2. The summed E-state index contributed by atoms with van der Waals surface area (Å²) in [6, 6.07) is 1.25. The molecule has 0 aromatic carbocycles. The van der Waals surface area contributed by atoms with Crippen LogP contribution >= 0.6 is 0 Å². The maximum Gasteiger partial charge on any atom is 0.242 e. The van der Waals surface area contributed by atoms with E-state index in [0.717, 1.165) is 5.69 Å². The second-order valence-electron chi connectivity index (χ2n) is 4.94. The summed E-state index contributed by atoms with van der Waals surface area (Å²) in [6.07, 6.45) is 2.10. The molecule has 114 valence electrons. The Kier molecular flexibility index (Phi) is 4.52. The molecule has 1 aromatic heterocycles. The Morgan fingerprint density at radius 1 is 1.35 bits per heavy atom. The molecule has 7 nitrogen and oxygen atoms in total. The molecule has 1 aliphatic rings. The van der Waals surface area contributed by atoms with Gasteiger partial charge in [-0.25, -0.2) is 21.6 Å². The molecule has 9 heteroatoms. The highest BCUT2D eigenvalue weighted by atomic mass is 32.2. The summed E-state index contributed by atoms with van der Waals surface area (Å²) < 4.78 is 49.6. The number of rotatable bonds is 5. The van der Waals surface area contributed by atoms with Crippen LogP contribution in [0.15, 0.2) is 17.2 Å². The monoisotopic (exact) mass is 321 g/mol. The molecule has 1 aromatic rings. The lowest BCUT2D eigenvalue weighted by Gasteiger charge is -2.22. The van der Waals surface area contributed by atoms with Gasteiger partial charge in [0.25, 0.3) is 0 Å². The Morgan fingerprint density at radius 2 is 2.00 bits per heavy atom. The van der Waals surface area contributed by atoms with Crippen LogP contribution in [0, 0.1) is 0 Å². The number of sulfone groups is 1. The third-order valence-corrected chi connectivity index (χ3v) is 6.49. The summed E-state index contributed by atoms with van der Waals surface area (Å²) in [4.78, 5) is 3.06. The van der Waals surface area contributed by atoms with Gasteiger partial charge in [-0.05, 0) is 26.0 Å². The number of sulfonamides is 1. The van der Waals surface area contributed by atoms with Crippen LogP contribution in [0.1, 0.15) is 18.5 Å². The lowest BCUT2D eigenvalue weighted by molar-refractivity contribution is 0.505. The van der Waals surface area contributed by atoms with Crippen LogP contribution in [0.3, 0.4) is 0 Å². The molecule has 0 saturated carbocycles. The van der Waals surface area contributed by atoms with Gasteiger partial charge in [0.2, 0.25) is 10.0 Å². The minimum absolute atomic E-state index is 0.0400. The molecule has 0 atom stereocenters. The minimum atomic E-state index is -3.60. The minimum Gasteiger partial charge on any atom is -0.363 e. The smallest absolute Gasteiger partial charge is 0.242 e. The van der Waals surface area contributed by atoms with E-state index in [2.05, 4.69) is 15.0 Å². The van der Waals surface area contributed by atoms with Crippen molar-refractivity contribution in [2.45, 2.75) is 30.3 Å². The highest BCUT2D eigenvalue weighted by Gasteiger charge is 2.27. The molecular formula is C11H19N3O4S2. The Labute approximate surface area is 119 Å². The zero-order valence-electron chi connectivity index (χ0n) is 11.2. The van der Waals surface area contributed by atoms with Crippen molar-refractivity contribution in [1.29, 1.82) is 0 Å². The molecule has 20 heavy (non-hydrogen) atoms. The third kappa shape index (κ3) is 3.81. The van der Waals surface area contributed by atoms with E-state index in [-0.39, 0.29) is 22.4 Å². The van der Waals surface area contributed by atoms with Crippen molar-refractivity contribution in [3.05, 3.63) is 18.0 Å². The van der Waals surface area contributed by atoms with Gasteiger partial charge >= 0.3 is 0 Å². The van der Waals surface area contributed by atoms with Gasteiger partial charge in [0.15, 0.2) is 0 Å². The van der Waals surface area contributed by atoms with Crippen molar-refractivity contribution in [2.75, 3.05) is 18.6 Å². The first-order chi connectivity index (χ1) is 9.32. The van der Waals surface area contributed by atoms with Crippen LogP contribution in [0.2, 0.25) is 0 Å². The summed E-state index contributed by atoms with van der Waals surface area (Å²) in [5.41, 5.74) is 0.777. The topological polar surface area (TPSA) is 108 Å². The van der Waals surface area contributed by atoms with Gasteiger partial charge in [-0.15, -0.1) is 0 Å². The predicted octanol–water partition coefficient (Wildman–Crippen LogP) is -0.410. The third-order valence-electron chi connectivity index (χ3n) is 3.27. The molecule has 0 bridgehead atoms. The summed E-state index contributed by atoms with van der Waals surface area (Å²) in [6.45, 7) is 0.553. The molecule has 0 amide bonds. The molecule has 0 radical (unpaired) electrons. The van der Waals surface area contributed by atoms with Crippen LogP contribution in [0.4, 0.5) is 0 Å². The molecule has 0 spiro atoms. The number of aromatic nitrogens is 1. The van der Waals surface area contributed by atoms with Crippen LogP contribution in [0.25, 0.3) is 0 Å². The first kappa shape index (κ1) is 15.5. The number of aromatic amines is 1. The molecular weight excluding hydrogens is 302 g/mol. The van der Waals surface area contributed by atoms with E-state index in [9.17, 15) is 16.8 Å². The van der Waals surface area contributed by atoms with Crippen LogP contribution in [-0.4, -0.2) is 46.4 Å². The molecule has 0 aliphatic carbocycles. The number of hydrogen-bond acceptors (Lipinski definition) is 5. The fourth-order valence-corrected chi connectivity index (χ4v) is 4.98. The molecule has 2 heterocycles. The second-order valence-corrected chi connectivity index (χ2v) is 8.96. The second kappa shape index (κ2) is 5.84. The Balaban J connectivity index is 2.03. The Morgan fingerprint density at radius 3 is 2.60 bits per heavy atom. The number of hydrogen-bond donors (Lipinski definition) is 3.